The maximum Gasteiger partial charge on any atom is 0.321 e. The Labute approximate surface area is 234 Å². The van der Waals surface area contributed by atoms with E-state index in [1.807, 2.05) is 44.2 Å². The van der Waals surface area contributed by atoms with Gasteiger partial charge >= 0.3 is 12.1 Å². The second-order valence-electron chi connectivity index (χ2n) is 9.52. The Balaban J connectivity index is 1.57. The standard InChI is InChI=1S/C26H35Cl2N5O4S/c1-19(2)30-26(35)33(16-7-6-14-29-38(36,37)24-13-12-20(27)17-23(24)28)22-11-8-15-32(18-22)25(34)31-21-9-4-3-5-10-21/h3-5,9-10,12-13,17,19,22,29H,6-8,11,14-16,18H2,1-2H3,(H,30,35)(H,31,34)/t22-/m0/s1. The molecular weight excluding hydrogens is 549 g/mol. The lowest BCUT2D eigenvalue weighted by atomic mass is 10.0. The number of hydrogen-bond donors (Lipinski definition) is 3. The van der Waals surface area contributed by atoms with Gasteiger partial charge in [-0.3, -0.25) is 0 Å². The van der Waals surface area contributed by atoms with Crippen LogP contribution in [-0.4, -0.2) is 68.5 Å². The Bertz CT molecular complexity index is 1200. The Morgan fingerprint density at radius 2 is 1.84 bits per heavy atom. The molecule has 38 heavy (non-hydrogen) atoms. The van der Waals surface area contributed by atoms with Crippen LogP contribution in [0.25, 0.3) is 0 Å². The van der Waals surface area contributed by atoms with Crippen LogP contribution in [0.15, 0.2) is 53.4 Å². The van der Waals surface area contributed by atoms with Crippen LogP contribution < -0.4 is 15.4 Å². The molecule has 208 valence electrons. The summed E-state index contributed by atoms with van der Waals surface area (Å²) in [5.74, 6) is 0. The van der Waals surface area contributed by atoms with Crippen molar-refractivity contribution in [1.29, 1.82) is 0 Å². The largest absolute Gasteiger partial charge is 0.336 e. The zero-order chi connectivity index (χ0) is 27.7. The van der Waals surface area contributed by atoms with Crippen LogP contribution in [0.1, 0.15) is 39.5 Å². The van der Waals surface area contributed by atoms with E-state index < -0.39 is 10.0 Å². The van der Waals surface area contributed by atoms with E-state index in [1.54, 1.807) is 9.80 Å². The molecule has 9 nitrogen and oxygen atoms in total. The van der Waals surface area contributed by atoms with Crippen molar-refractivity contribution in [3.63, 3.8) is 0 Å². The normalized spacial score (nSPS) is 15.8. The molecule has 1 saturated heterocycles. The monoisotopic (exact) mass is 583 g/mol. The summed E-state index contributed by atoms with van der Waals surface area (Å²) in [5.41, 5.74) is 0.719. The number of nitrogens with zero attached hydrogens (tertiary/aromatic N) is 2. The van der Waals surface area contributed by atoms with Crippen molar-refractivity contribution in [2.45, 2.75) is 56.5 Å². The molecule has 1 aliphatic rings. The number of nitrogens with one attached hydrogen (secondary N) is 3. The van der Waals surface area contributed by atoms with E-state index in [0.29, 0.717) is 37.5 Å². The highest BCUT2D eigenvalue weighted by atomic mass is 35.5. The number of benzene rings is 2. The summed E-state index contributed by atoms with van der Waals surface area (Å²) in [7, 11) is -3.79. The summed E-state index contributed by atoms with van der Waals surface area (Å²) in [6.07, 6.45) is 2.65. The topological polar surface area (TPSA) is 111 Å². The Morgan fingerprint density at radius 1 is 1.11 bits per heavy atom. The molecule has 0 saturated carbocycles. The Hall–Kier alpha value is -2.53. The highest BCUT2D eigenvalue weighted by Crippen LogP contribution is 2.25. The van der Waals surface area contributed by atoms with Gasteiger partial charge in [0.05, 0.1) is 11.1 Å². The predicted octanol–water partition coefficient (Wildman–Crippen LogP) is 5.17. The number of urea groups is 2. The first-order valence-electron chi connectivity index (χ1n) is 12.7. The second-order valence-corrected chi connectivity index (χ2v) is 12.1. The van der Waals surface area contributed by atoms with Gasteiger partial charge in [0.2, 0.25) is 10.0 Å². The van der Waals surface area contributed by atoms with Crippen LogP contribution in [-0.2, 0) is 10.0 Å². The predicted molar refractivity (Wildman–Crippen MR) is 151 cm³/mol. The highest BCUT2D eigenvalue weighted by molar-refractivity contribution is 7.89. The van der Waals surface area contributed by atoms with Crippen molar-refractivity contribution < 1.29 is 18.0 Å². The SMILES string of the molecule is CC(C)NC(=O)N(CCCCNS(=O)(=O)c1ccc(Cl)cc1Cl)[C@H]1CCCN(C(=O)Nc2ccccc2)C1. The summed E-state index contributed by atoms with van der Waals surface area (Å²) in [6.45, 7) is 5.45. The molecule has 0 unspecified atom stereocenters. The molecule has 2 aromatic carbocycles. The molecule has 1 aliphatic heterocycles. The highest BCUT2D eigenvalue weighted by Gasteiger charge is 2.31. The summed E-state index contributed by atoms with van der Waals surface area (Å²) >= 11 is 11.9. The van der Waals surface area contributed by atoms with E-state index in [0.717, 1.165) is 18.5 Å². The Morgan fingerprint density at radius 3 is 2.53 bits per heavy atom. The van der Waals surface area contributed by atoms with E-state index in [9.17, 15) is 18.0 Å². The molecular formula is C26H35Cl2N5O4S. The maximum atomic E-state index is 13.1. The first kappa shape index (κ1) is 30.0. The molecule has 0 bridgehead atoms. The zero-order valence-electron chi connectivity index (χ0n) is 21.6. The van der Waals surface area contributed by atoms with E-state index >= 15 is 0 Å². The van der Waals surface area contributed by atoms with Crippen molar-refractivity contribution >= 4 is 51.0 Å². The molecule has 0 aliphatic carbocycles. The Kier molecular flexibility index (Phi) is 11.1. The molecule has 0 aromatic heterocycles. The van der Waals surface area contributed by atoms with E-state index in [2.05, 4.69) is 15.4 Å². The average molecular weight is 585 g/mol. The number of rotatable bonds is 10. The van der Waals surface area contributed by atoms with Crippen LogP contribution >= 0.6 is 23.2 Å². The number of para-hydroxylation sites is 1. The fourth-order valence-electron chi connectivity index (χ4n) is 4.28. The van der Waals surface area contributed by atoms with Crippen LogP contribution in [0.3, 0.4) is 0 Å². The van der Waals surface area contributed by atoms with Crippen LogP contribution in [0.2, 0.25) is 10.0 Å². The fourth-order valence-corrected chi connectivity index (χ4v) is 6.13. The van der Waals surface area contributed by atoms with Gasteiger partial charge in [-0.1, -0.05) is 41.4 Å². The van der Waals surface area contributed by atoms with E-state index in [1.165, 1.54) is 18.2 Å². The van der Waals surface area contributed by atoms with Gasteiger partial charge in [0, 0.05) is 42.9 Å². The van der Waals surface area contributed by atoms with Crippen molar-refractivity contribution in [1.82, 2.24) is 19.8 Å². The van der Waals surface area contributed by atoms with Gasteiger partial charge in [-0.25, -0.2) is 22.7 Å². The fraction of sp³-hybridized carbons (Fsp3) is 0.462. The number of carbonyl (C=O) groups excluding carboxylic acids is 2. The number of hydrogen-bond acceptors (Lipinski definition) is 4. The van der Waals surface area contributed by atoms with Gasteiger partial charge in [0.25, 0.3) is 0 Å². The lowest BCUT2D eigenvalue weighted by Crippen LogP contribution is -2.55. The number of anilines is 1. The molecule has 3 N–H and O–H groups in total. The summed E-state index contributed by atoms with van der Waals surface area (Å²) in [5, 5.41) is 6.27. The van der Waals surface area contributed by atoms with E-state index in [4.69, 9.17) is 23.2 Å². The molecule has 2 aromatic rings. The van der Waals surface area contributed by atoms with Crippen molar-refractivity contribution in [3.8, 4) is 0 Å². The molecule has 0 spiro atoms. The van der Waals surface area contributed by atoms with Gasteiger partial charge in [0.1, 0.15) is 4.90 Å². The quantitative estimate of drug-likeness (QED) is 0.335. The number of sulfonamides is 1. The third kappa shape index (κ3) is 8.76. The number of likely N-dealkylation sites (tertiary alicyclic amines) is 1. The smallest absolute Gasteiger partial charge is 0.321 e. The summed E-state index contributed by atoms with van der Waals surface area (Å²) in [6, 6.07) is 12.9. The van der Waals surface area contributed by atoms with Crippen molar-refractivity contribution in [2.24, 2.45) is 0 Å². The first-order chi connectivity index (χ1) is 18.1. The second kappa shape index (κ2) is 14.0. The lowest BCUT2D eigenvalue weighted by Gasteiger charge is -2.39. The molecule has 1 heterocycles. The number of unbranched alkanes of at least 4 members (excludes halogenated alkanes) is 1. The molecule has 3 rings (SSSR count). The zero-order valence-corrected chi connectivity index (χ0v) is 24.0. The van der Waals surface area contributed by atoms with Crippen LogP contribution in [0.5, 0.6) is 0 Å². The summed E-state index contributed by atoms with van der Waals surface area (Å²) in [4.78, 5) is 29.4. The van der Waals surface area contributed by atoms with E-state index in [-0.39, 0.29) is 40.6 Å². The first-order valence-corrected chi connectivity index (χ1v) is 14.9. The number of halogens is 2. The number of piperidine rings is 1. The molecule has 4 amide bonds. The van der Waals surface area contributed by atoms with Crippen molar-refractivity contribution in [2.75, 3.05) is 31.5 Å². The molecule has 1 atom stereocenters. The minimum absolute atomic E-state index is 0.0300. The van der Waals surface area contributed by atoms with Crippen LogP contribution in [0, 0.1) is 0 Å². The molecule has 1 fully saturated rings. The van der Waals surface area contributed by atoms with Gasteiger partial charge in [-0.05, 0) is 69.9 Å². The number of carbonyl (C=O) groups is 2. The summed E-state index contributed by atoms with van der Waals surface area (Å²) < 4.78 is 27.8. The maximum absolute atomic E-state index is 13.1. The molecule has 0 radical (unpaired) electrons. The van der Waals surface area contributed by atoms with Crippen LogP contribution in [0.4, 0.5) is 15.3 Å². The third-order valence-electron chi connectivity index (χ3n) is 6.12. The van der Waals surface area contributed by atoms with Gasteiger partial charge in [-0.2, -0.15) is 0 Å². The molecule has 12 heteroatoms. The third-order valence-corrected chi connectivity index (χ3v) is 8.30. The van der Waals surface area contributed by atoms with Crippen molar-refractivity contribution in [3.05, 3.63) is 58.6 Å². The van der Waals surface area contributed by atoms with Gasteiger partial charge in [0.15, 0.2) is 0 Å². The lowest BCUT2D eigenvalue weighted by molar-refractivity contribution is 0.121. The van der Waals surface area contributed by atoms with Gasteiger partial charge < -0.3 is 20.4 Å². The van der Waals surface area contributed by atoms with Gasteiger partial charge in [-0.15, -0.1) is 0 Å². The number of amides is 4. The minimum atomic E-state index is -3.79. The minimum Gasteiger partial charge on any atom is -0.336 e. The average Bonchev–Trinajstić information content (AvgIpc) is 2.86.